The average Bonchev–Trinajstić information content (AvgIpc) is 2.34. The molecule has 0 spiro atoms. The molecule has 1 aliphatic rings. The number of rotatable bonds is 2. The molecular weight excluding hydrogens is 276 g/mol. The van der Waals surface area contributed by atoms with Crippen molar-refractivity contribution in [1.29, 1.82) is 0 Å². The van der Waals surface area contributed by atoms with Gasteiger partial charge in [0.2, 0.25) is 0 Å². The number of piperidine rings is 1. The summed E-state index contributed by atoms with van der Waals surface area (Å²) in [6, 6.07) is 9.73. The predicted octanol–water partition coefficient (Wildman–Crippen LogP) is 2.80. The summed E-state index contributed by atoms with van der Waals surface area (Å²) in [4.78, 5) is 13.8. The largest absolute Gasteiger partial charge is 0.445 e. The quantitative estimate of drug-likeness (QED) is 0.913. The number of ether oxygens (including phenoxy) is 1. The van der Waals surface area contributed by atoms with Crippen LogP contribution in [0.5, 0.6) is 0 Å². The normalized spacial score (nSPS) is 20.9. The van der Waals surface area contributed by atoms with Crippen LogP contribution in [-0.2, 0) is 11.3 Å². The number of carbonyl (C=O) groups excluding carboxylic acids is 1. The van der Waals surface area contributed by atoms with E-state index < -0.39 is 0 Å². The Hall–Kier alpha value is -1.26. The standard InChI is InChI=1S/C15H22N2O2.ClH/c1-15(2)8-13(16)9-17(11-15)14(18)19-10-12-6-4-3-5-7-12;/h3-7,13H,8-11,16H2,1-2H3;1H/t13-;/m0./s1. The Balaban J connectivity index is 0.00000200. The first-order chi connectivity index (χ1) is 8.96. The van der Waals surface area contributed by atoms with Crippen molar-refractivity contribution in [3.05, 3.63) is 35.9 Å². The van der Waals surface area contributed by atoms with Crippen LogP contribution in [0, 0.1) is 5.41 Å². The summed E-state index contributed by atoms with van der Waals surface area (Å²) in [5, 5.41) is 0. The second-order valence-electron chi connectivity index (χ2n) is 6.05. The van der Waals surface area contributed by atoms with Gasteiger partial charge in [0.05, 0.1) is 0 Å². The number of amides is 1. The highest BCUT2D eigenvalue weighted by Crippen LogP contribution is 2.28. The molecule has 1 heterocycles. The average molecular weight is 299 g/mol. The molecule has 20 heavy (non-hydrogen) atoms. The number of carbonyl (C=O) groups is 1. The molecule has 0 unspecified atom stereocenters. The number of hydrogen-bond acceptors (Lipinski definition) is 3. The lowest BCUT2D eigenvalue weighted by atomic mass is 9.82. The maximum Gasteiger partial charge on any atom is 0.410 e. The molecule has 1 aromatic carbocycles. The van der Waals surface area contributed by atoms with E-state index in [1.165, 1.54) is 0 Å². The van der Waals surface area contributed by atoms with Crippen LogP contribution in [-0.4, -0.2) is 30.1 Å². The van der Waals surface area contributed by atoms with Crippen molar-refractivity contribution in [2.24, 2.45) is 11.1 Å². The predicted molar refractivity (Wildman–Crippen MR) is 81.8 cm³/mol. The minimum atomic E-state index is -0.271. The second kappa shape index (κ2) is 6.95. The molecule has 1 aliphatic heterocycles. The van der Waals surface area contributed by atoms with Gasteiger partial charge in [-0.25, -0.2) is 4.79 Å². The number of nitrogens with two attached hydrogens (primary N) is 1. The number of nitrogens with zero attached hydrogens (tertiary/aromatic N) is 1. The zero-order valence-electron chi connectivity index (χ0n) is 12.0. The summed E-state index contributed by atoms with van der Waals surface area (Å²) in [5.74, 6) is 0. The number of halogens is 1. The molecule has 4 nitrogen and oxygen atoms in total. The molecule has 1 aromatic rings. The summed E-state index contributed by atoms with van der Waals surface area (Å²) in [6.07, 6.45) is 0.669. The molecule has 5 heteroatoms. The highest BCUT2D eigenvalue weighted by molar-refractivity contribution is 5.85. The second-order valence-corrected chi connectivity index (χ2v) is 6.05. The van der Waals surface area contributed by atoms with Gasteiger partial charge in [-0.05, 0) is 17.4 Å². The number of hydrogen-bond donors (Lipinski definition) is 1. The summed E-state index contributed by atoms with van der Waals surface area (Å²) in [5.41, 5.74) is 7.05. The van der Waals surface area contributed by atoms with E-state index in [1.54, 1.807) is 4.90 Å². The minimum Gasteiger partial charge on any atom is -0.445 e. The molecule has 2 N–H and O–H groups in total. The molecule has 0 aromatic heterocycles. The first kappa shape index (κ1) is 16.8. The van der Waals surface area contributed by atoms with Crippen molar-refractivity contribution in [2.45, 2.75) is 32.9 Å². The van der Waals surface area contributed by atoms with Gasteiger partial charge in [-0.3, -0.25) is 0 Å². The van der Waals surface area contributed by atoms with Gasteiger partial charge in [0.25, 0.3) is 0 Å². The van der Waals surface area contributed by atoms with Crippen molar-refractivity contribution >= 4 is 18.5 Å². The Bertz CT molecular complexity index is 437. The maximum absolute atomic E-state index is 12.1. The fourth-order valence-corrected chi connectivity index (χ4v) is 2.65. The van der Waals surface area contributed by atoms with E-state index in [-0.39, 0.29) is 30.0 Å². The first-order valence-electron chi connectivity index (χ1n) is 6.67. The van der Waals surface area contributed by atoms with E-state index in [0.717, 1.165) is 12.0 Å². The minimum absolute atomic E-state index is 0. The van der Waals surface area contributed by atoms with E-state index in [2.05, 4.69) is 13.8 Å². The molecule has 112 valence electrons. The van der Waals surface area contributed by atoms with Gasteiger partial charge < -0.3 is 15.4 Å². The van der Waals surface area contributed by atoms with E-state index in [4.69, 9.17) is 10.5 Å². The van der Waals surface area contributed by atoms with Crippen molar-refractivity contribution in [1.82, 2.24) is 4.90 Å². The van der Waals surface area contributed by atoms with Crippen LogP contribution in [0.15, 0.2) is 30.3 Å². The van der Waals surface area contributed by atoms with Crippen molar-refractivity contribution in [2.75, 3.05) is 13.1 Å². The van der Waals surface area contributed by atoms with E-state index >= 15 is 0 Å². The van der Waals surface area contributed by atoms with Gasteiger partial charge in [-0.15, -0.1) is 12.4 Å². The summed E-state index contributed by atoms with van der Waals surface area (Å²) >= 11 is 0. The molecular formula is C15H23ClN2O2. The third kappa shape index (κ3) is 4.69. The Labute approximate surface area is 126 Å². The number of benzene rings is 1. The molecule has 0 radical (unpaired) electrons. The molecule has 1 amide bonds. The van der Waals surface area contributed by atoms with E-state index in [0.29, 0.717) is 19.7 Å². The highest BCUT2D eigenvalue weighted by Gasteiger charge is 2.33. The van der Waals surface area contributed by atoms with Gasteiger partial charge in [0, 0.05) is 19.1 Å². The van der Waals surface area contributed by atoms with Gasteiger partial charge in [-0.2, -0.15) is 0 Å². The molecule has 1 fully saturated rings. The van der Waals surface area contributed by atoms with Crippen LogP contribution in [0.4, 0.5) is 4.79 Å². The third-order valence-corrected chi connectivity index (χ3v) is 3.35. The topological polar surface area (TPSA) is 55.6 Å². The Kier molecular flexibility index (Phi) is 5.84. The molecule has 1 saturated heterocycles. The van der Waals surface area contributed by atoms with Crippen LogP contribution in [0.25, 0.3) is 0 Å². The van der Waals surface area contributed by atoms with Crippen LogP contribution >= 0.6 is 12.4 Å². The van der Waals surface area contributed by atoms with Crippen LogP contribution in [0.1, 0.15) is 25.8 Å². The lowest BCUT2D eigenvalue weighted by Gasteiger charge is -2.40. The maximum atomic E-state index is 12.1. The van der Waals surface area contributed by atoms with Crippen LogP contribution in [0.3, 0.4) is 0 Å². The zero-order chi connectivity index (χ0) is 13.9. The summed E-state index contributed by atoms with van der Waals surface area (Å²) in [7, 11) is 0. The SMILES string of the molecule is CC1(C)C[C@H](N)CN(C(=O)OCc2ccccc2)C1.Cl. The Morgan fingerprint density at radius 1 is 1.40 bits per heavy atom. The van der Waals surface area contributed by atoms with Crippen molar-refractivity contribution in [3.63, 3.8) is 0 Å². The molecule has 0 aliphatic carbocycles. The Morgan fingerprint density at radius 2 is 2.05 bits per heavy atom. The molecule has 1 atom stereocenters. The van der Waals surface area contributed by atoms with Crippen molar-refractivity contribution < 1.29 is 9.53 Å². The molecule has 0 bridgehead atoms. The summed E-state index contributed by atoms with van der Waals surface area (Å²) in [6.45, 7) is 5.85. The highest BCUT2D eigenvalue weighted by atomic mass is 35.5. The van der Waals surface area contributed by atoms with Crippen molar-refractivity contribution in [3.8, 4) is 0 Å². The zero-order valence-corrected chi connectivity index (χ0v) is 12.9. The molecule has 2 rings (SSSR count). The van der Waals surface area contributed by atoms with Gasteiger partial charge in [0.1, 0.15) is 6.61 Å². The lowest BCUT2D eigenvalue weighted by molar-refractivity contribution is 0.0563. The van der Waals surface area contributed by atoms with E-state index in [1.807, 2.05) is 30.3 Å². The first-order valence-corrected chi connectivity index (χ1v) is 6.67. The smallest absolute Gasteiger partial charge is 0.410 e. The van der Waals surface area contributed by atoms with Gasteiger partial charge in [0.15, 0.2) is 0 Å². The fourth-order valence-electron chi connectivity index (χ4n) is 2.65. The molecule has 0 saturated carbocycles. The fraction of sp³-hybridized carbons (Fsp3) is 0.533. The Morgan fingerprint density at radius 3 is 2.65 bits per heavy atom. The monoisotopic (exact) mass is 298 g/mol. The van der Waals surface area contributed by atoms with Crippen LogP contribution in [0.2, 0.25) is 0 Å². The van der Waals surface area contributed by atoms with E-state index in [9.17, 15) is 4.79 Å². The number of likely N-dealkylation sites (tertiary alicyclic amines) is 1. The third-order valence-electron chi connectivity index (χ3n) is 3.35. The van der Waals surface area contributed by atoms with Gasteiger partial charge >= 0.3 is 6.09 Å². The van der Waals surface area contributed by atoms with Crippen LogP contribution < -0.4 is 5.73 Å². The lowest BCUT2D eigenvalue weighted by Crippen LogP contribution is -2.52. The van der Waals surface area contributed by atoms with Gasteiger partial charge in [-0.1, -0.05) is 44.2 Å². The summed E-state index contributed by atoms with van der Waals surface area (Å²) < 4.78 is 5.34.